The quantitative estimate of drug-likeness (QED) is 0.0209. The fraction of sp³-hybridized carbons (Fsp3) is 0.0909. The van der Waals surface area contributed by atoms with Gasteiger partial charge in [-0.15, -0.1) is 11.8 Å². The van der Waals surface area contributed by atoms with Crippen LogP contribution < -0.4 is 12.5 Å². The lowest BCUT2D eigenvalue weighted by molar-refractivity contribution is -0.394. The molecule has 0 fully saturated rings. The van der Waals surface area contributed by atoms with E-state index in [4.69, 9.17) is 12.5 Å². The first kappa shape index (κ1) is 50.4. The lowest BCUT2D eigenvalue weighted by Gasteiger charge is -2.05. The molecule has 0 saturated heterocycles. The predicted octanol–water partition coefficient (Wildman–Crippen LogP) is 12.1. The molecule has 0 bridgehead atoms. The van der Waals surface area contributed by atoms with Crippen molar-refractivity contribution >= 4 is 85.9 Å². The van der Waals surface area contributed by atoms with E-state index in [0.717, 1.165) is 61.0 Å². The molecule has 0 N–H and O–H groups in total. The molecule has 6 aromatic carbocycles. The Morgan fingerprint density at radius 3 is 1.65 bits per heavy atom. The molecule has 7 rings (SSSR count). The number of thioether (sulfide) groups is 1. The fourth-order valence-corrected chi connectivity index (χ4v) is 11.0. The number of rotatable bonds is 17. The first-order valence-electron chi connectivity index (χ1n) is 18.8. The summed E-state index contributed by atoms with van der Waals surface area (Å²) in [5.74, 6) is 1.71. The summed E-state index contributed by atoms with van der Waals surface area (Å²) in [6, 6.07) is 46.3. The second-order valence-electron chi connectivity index (χ2n) is 13.0. The summed E-state index contributed by atoms with van der Waals surface area (Å²) in [4.78, 5) is 30.2. The van der Waals surface area contributed by atoms with E-state index >= 15 is 0 Å². The molecule has 0 aliphatic rings. The van der Waals surface area contributed by atoms with E-state index in [2.05, 4.69) is 41.2 Å². The second-order valence-corrected chi connectivity index (χ2v) is 21.5. The van der Waals surface area contributed by atoms with Crippen molar-refractivity contribution in [2.75, 3.05) is 0 Å². The van der Waals surface area contributed by atoms with Gasteiger partial charge in [-0.2, -0.15) is 0 Å². The smallest absolute Gasteiger partial charge is 0.319 e. The number of aryl methyl sites for hydroxylation is 3. The number of benzene rings is 6. The van der Waals surface area contributed by atoms with Crippen LogP contribution in [0.4, 0.5) is 11.4 Å². The Kier molecular flexibility index (Phi) is 20.5. The Bertz CT molecular complexity index is 2710. The second kappa shape index (κ2) is 26.4. The Morgan fingerprint density at radius 2 is 1.06 bits per heavy atom. The maximum Gasteiger partial charge on any atom is 0.319 e. The highest BCUT2D eigenvalue weighted by molar-refractivity contribution is 8.68. The standard InChI is InChI=1S/C19H18N2O2S3.C13H12O2S2.C12H8N2O6S2/c1-14-3-7-16(8-4-14)13-24-18-11-12-20-19(21-18)25-26(22)23-17-9-5-15(2)6-10-17;1-11-7-9-13(10-8-11)16-17(14)15-12-5-3-2-4-6-12;15-13(16)9-6-7-12(11(8-9)14(17)18)20-22(19)21-10-4-2-1-3-5-10/h3-12H,13H2,1-2H3;2-10H,1H3;1-8H. The van der Waals surface area contributed by atoms with Gasteiger partial charge in [0.05, 0.1) is 26.7 Å². The Hall–Kier alpha value is -5.55. The van der Waals surface area contributed by atoms with Gasteiger partial charge in [-0.25, -0.2) is 22.6 Å². The zero-order valence-corrected chi connectivity index (χ0v) is 40.2. The van der Waals surface area contributed by atoms with Crippen LogP contribution in [-0.2, 0) is 36.1 Å². The number of aromatic nitrogens is 2. The molecule has 1 aromatic heterocycles. The largest absolute Gasteiger partial charge is 0.392 e. The van der Waals surface area contributed by atoms with E-state index in [-0.39, 0.29) is 5.75 Å². The van der Waals surface area contributed by atoms with Crippen LogP contribution in [0, 0.1) is 41.0 Å². The summed E-state index contributed by atoms with van der Waals surface area (Å²) in [7, 11) is -1.88. The molecule has 336 valence electrons. The average Bonchev–Trinajstić information content (AvgIpc) is 3.29. The summed E-state index contributed by atoms with van der Waals surface area (Å²) >= 11 is 1.62. The van der Waals surface area contributed by atoms with E-state index in [9.17, 15) is 32.9 Å². The molecule has 1 heterocycles. The topological polar surface area (TPSA) is 191 Å². The minimum atomic E-state index is -1.92. The summed E-state index contributed by atoms with van der Waals surface area (Å²) in [6.07, 6.45) is 1.68. The van der Waals surface area contributed by atoms with Crippen molar-refractivity contribution in [3.63, 3.8) is 0 Å². The molecule has 0 saturated carbocycles. The van der Waals surface area contributed by atoms with Gasteiger partial charge in [0.15, 0.2) is 0 Å². The van der Waals surface area contributed by atoms with Gasteiger partial charge in [0.1, 0.15) is 16.5 Å². The molecule has 3 atom stereocenters. The molecule has 65 heavy (non-hydrogen) atoms. The van der Waals surface area contributed by atoms with E-state index in [1.165, 1.54) is 27.5 Å². The molecule has 0 spiro atoms. The number of hydrogen-bond donors (Lipinski definition) is 0. The molecule has 0 aliphatic heterocycles. The Balaban J connectivity index is 0.000000187. The summed E-state index contributed by atoms with van der Waals surface area (Å²) in [6.45, 7) is 6.08. The number of nitrogens with zero attached hydrogens (tertiary/aromatic N) is 4. The molecule has 0 aliphatic carbocycles. The van der Waals surface area contributed by atoms with Crippen molar-refractivity contribution in [1.82, 2.24) is 9.97 Å². The van der Waals surface area contributed by atoms with Crippen LogP contribution in [0.25, 0.3) is 0 Å². The number of para-hydroxylation sites is 1. The summed E-state index contributed by atoms with van der Waals surface area (Å²) < 4.78 is 51.4. The third-order valence-electron chi connectivity index (χ3n) is 7.95. The number of nitro groups is 2. The molecule has 0 radical (unpaired) electrons. The third kappa shape index (κ3) is 18.5. The van der Waals surface area contributed by atoms with Gasteiger partial charge >= 0.3 is 5.69 Å². The Morgan fingerprint density at radius 1 is 0.554 bits per heavy atom. The van der Waals surface area contributed by atoms with Gasteiger partial charge in [0.25, 0.3) is 36.0 Å². The maximum atomic E-state index is 12.2. The number of non-ortho nitro benzene ring substituents is 1. The minimum Gasteiger partial charge on any atom is -0.392 e. The normalized spacial score (nSPS) is 11.9. The fourth-order valence-electron chi connectivity index (χ4n) is 4.76. The van der Waals surface area contributed by atoms with Crippen molar-refractivity contribution < 1.29 is 35.0 Å². The average molecular weight is 1010 g/mol. The Labute approximate surface area is 398 Å². The number of nitro benzene ring substituents is 2. The first-order chi connectivity index (χ1) is 31.3. The van der Waals surface area contributed by atoms with Gasteiger partial charge in [-0.05, 0) is 87.0 Å². The van der Waals surface area contributed by atoms with Crippen LogP contribution >= 0.6 is 44.1 Å². The van der Waals surface area contributed by atoms with Crippen molar-refractivity contribution in [2.24, 2.45) is 0 Å². The highest BCUT2D eigenvalue weighted by Gasteiger charge is 2.23. The highest BCUT2D eigenvalue weighted by atomic mass is 33.1. The predicted molar refractivity (Wildman–Crippen MR) is 262 cm³/mol. The minimum absolute atomic E-state index is 0.294. The lowest BCUT2D eigenvalue weighted by Crippen LogP contribution is -2.00. The van der Waals surface area contributed by atoms with Crippen LogP contribution in [0.3, 0.4) is 0 Å². The van der Waals surface area contributed by atoms with Crippen LogP contribution in [0.1, 0.15) is 22.3 Å². The molecule has 7 aromatic rings. The van der Waals surface area contributed by atoms with Crippen LogP contribution in [0.5, 0.6) is 17.2 Å². The van der Waals surface area contributed by atoms with E-state index in [1.54, 1.807) is 72.6 Å². The van der Waals surface area contributed by atoms with Crippen molar-refractivity contribution in [2.45, 2.75) is 46.5 Å². The van der Waals surface area contributed by atoms with Gasteiger partial charge in [0, 0.05) is 49.4 Å². The van der Waals surface area contributed by atoms with Crippen molar-refractivity contribution in [3.8, 4) is 17.2 Å². The SMILES string of the molecule is Cc1ccc(CSc2ccnc(SS(=O)Oc3ccc(C)cc3)n2)cc1.Cc1ccc(SS(=O)Oc2ccccc2)cc1.O=[N+]([O-])c1ccc(OS(=O)Sc2ccccc2)c([N+](=O)[O-])c1. The van der Waals surface area contributed by atoms with Crippen LogP contribution in [0.2, 0.25) is 0 Å². The van der Waals surface area contributed by atoms with E-state index in [0.29, 0.717) is 21.6 Å². The van der Waals surface area contributed by atoms with Crippen molar-refractivity contribution in [1.29, 1.82) is 0 Å². The van der Waals surface area contributed by atoms with Crippen LogP contribution in [0.15, 0.2) is 184 Å². The lowest BCUT2D eigenvalue weighted by atomic mass is 10.2. The van der Waals surface area contributed by atoms with Gasteiger partial charge in [0.2, 0.25) is 10.9 Å². The summed E-state index contributed by atoms with van der Waals surface area (Å²) in [5.41, 5.74) is 3.73. The molecular formula is C44H38N4O10S7. The monoisotopic (exact) mass is 1010 g/mol. The first-order valence-corrected chi connectivity index (χ1v) is 27.0. The van der Waals surface area contributed by atoms with E-state index in [1.807, 2.05) is 74.5 Å². The van der Waals surface area contributed by atoms with Gasteiger partial charge in [-0.1, -0.05) is 102 Å². The molecule has 14 nitrogen and oxygen atoms in total. The maximum absolute atomic E-state index is 12.2. The van der Waals surface area contributed by atoms with Crippen molar-refractivity contribution in [3.05, 3.63) is 206 Å². The molecular weight excluding hydrogens is 969 g/mol. The highest BCUT2D eigenvalue weighted by Crippen LogP contribution is 2.34. The zero-order chi connectivity index (χ0) is 46.6. The van der Waals surface area contributed by atoms with Gasteiger partial charge in [-0.3, -0.25) is 20.2 Å². The van der Waals surface area contributed by atoms with E-state index < -0.39 is 51.6 Å². The molecule has 0 amide bonds. The molecule has 21 heteroatoms. The molecule has 3 unspecified atom stereocenters. The number of hydrogen-bond acceptors (Lipinski definition) is 16. The zero-order valence-electron chi connectivity index (χ0n) is 34.5. The summed E-state index contributed by atoms with van der Waals surface area (Å²) in [5, 5.41) is 22.8. The third-order valence-corrected chi connectivity index (χ3v) is 15.0. The van der Waals surface area contributed by atoms with Crippen LogP contribution in [-0.4, -0.2) is 32.4 Å². The van der Waals surface area contributed by atoms with Gasteiger partial charge < -0.3 is 12.5 Å².